The maximum Gasteiger partial charge on any atom is 0.223 e. The maximum absolute atomic E-state index is 12.0. The van der Waals surface area contributed by atoms with Crippen LogP contribution >= 0.6 is 0 Å². The van der Waals surface area contributed by atoms with Crippen molar-refractivity contribution in [2.45, 2.75) is 26.2 Å². The Morgan fingerprint density at radius 1 is 1.35 bits per heavy atom. The number of nitrogens with zero attached hydrogens (tertiary/aromatic N) is 1. The maximum atomic E-state index is 12.0. The molecule has 0 spiro atoms. The minimum atomic E-state index is 0.203. The van der Waals surface area contributed by atoms with E-state index in [1.807, 2.05) is 38.2 Å². The number of carbonyl (C=O) groups excluding carboxylic acids is 1. The molecule has 108 valence electrons. The van der Waals surface area contributed by atoms with E-state index in [-0.39, 0.29) is 5.91 Å². The highest BCUT2D eigenvalue weighted by atomic mass is 16.5. The highest BCUT2D eigenvalue weighted by Gasteiger charge is 2.16. The van der Waals surface area contributed by atoms with Crippen LogP contribution < -0.4 is 4.74 Å². The second-order valence-corrected chi connectivity index (χ2v) is 5.45. The van der Waals surface area contributed by atoms with Gasteiger partial charge in [0.25, 0.3) is 0 Å². The molecule has 1 amide bonds. The van der Waals surface area contributed by atoms with E-state index in [1.54, 1.807) is 4.90 Å². The van der Waals surface area contributed by atoms with Crippen LogP contribution in [0.4, 0.5) is 0 Å². The Bertz CT molecular complexity index is 464. The first kappa shape index (κ1) is 14.6. The largest absolute Gasteiger partial charge is 0.492 e. The molecule has 0 heterocycles. The summed E-state index contributed by atoms with van der Waals surface area (Å²) in [5, 5.41) is 0. The van der Waals surface area contributed by atoms with Crippen LogP contribution in [0.25, 0.3) is 0 Å². The molecular formula is C17H23NO2. The zero-order valence-electron chi connectivity index (χ0n) is 12.3. The molecule has 1 atom stereocenters. The molecule has 2 rings (SSSR count). The number of rotatable bonds is 6. The van der Waals surface area contributed by atoms with Crippen molar-refractivity contribution in [3.8, 4) is 5.75 Å². The molecule has 3 nitrogen and oxygen atoms in total. The van der Waals surface area contributed by atoms with Crippen LogP contribution in [0.2, 0.25) is 0 Å². The molecule has 0 bridgehead atoms. The van der Waals surface area contributed by atoms with Gasteiger partial charge < -0.3 is 9.64 Å². The number of aryl methyl sites for hydroxylation is 1. The lowest BCUT2D eigenvalue weighted by Crippen LogP contribution is -2.31. The fourth-order valence-corrected chi connectivity index (χ4v) is 2.31. The van der Waals surface area contributed by atoms with Gasteiger partial charge in [-0.15, -0.1) is 0 Å². The van der Waals surface area contributed by atoms with Gasteiger partial charge in [-0.25, -0.2) is 0 Å². The zero-order valence-corrected chi connectivity index (χ0v) is 12.3. The summed E-state index contributed by atoms with van der Waals surface area (Å²) in [5.74, 6) is 1.49. The van der Waals surface area contributed by atoms with E-state index in [0.29, 0.717) is 25.5 Å². The zero-order chi connectivity index (χ0) is 14.4. The van der Waals surface area contributed by atoms with Gasteiger partial charge in [0.2, 0.25) is 5.91 Å². The second kappa shape index (κ2) is 7.13. The lowest BCUT2D eigenvalue weighted by atomic mass is 10.0. The fourth-order valence-electron chi connectivity index (χ4n) is 2.31. The van der Waals surface area contributed by atoms with Gasteiger partial charge in [0.05, 0.1) is 6.54 Å². The van der Waals surface area contributed by atoms with Crippen molar-refractivity contribution < 1.29 is 9.53 Å². The molecule has 0 aromatic heterocycles. The molecule has 0 unspecified atom stereocenters. The predicted molar refractivity (Wildman–Crippen MR) is 80.8 cm³/mol. The van der Waals surface area contributed by atoms with Gasteiger partial charge in [0.1, 0.15) is 12.4 Å². The quantitative estimate of drug-likeness (QED) is 0.745. The summed E-state index contributed by atoms with van der Waals surface area (Å²) in [5.41, 5.74) is 1.22. The smallest absolute Gasteiger partial charge is 0.223 e. The summed E-state index contributed by atoms with van der Waals surface area (Å²) >= 11 is 0. The molecule has 0 aliphatic heterocycles. The van der Waals surface area contributed by atoms with Crippen molar-refractivity contribution in [2.75, 3.05) is 20.2 Å². The highest BCUT2D eigenvalue weighted by molar-refractivity contribution is 5.76. The van der Waals surface area contributed by atoms with Crippen molar-refractivity contribution in [1.82, 2.24) is 4.90 Å². The number of benzene rings is 1. The van der Waals surface area contributed by atoms with E-state index in [9.17, 15) is 4.79 Å². The summed E-state index contributed by atoms with van der Waals surface area (Å²) in [7, 11) is 1.85. The Labute approximate surface area is 121 Å². The summed E-state index contributed by atoms with van der Waals surface area (Å²) < 4.78 is 5.64. The minimum Gasteiger partial charge on any atom is -0.492 e. The SMILES string of the molecule is Cc1ccc(OCCN(C)C(=O)C[C@H]2C=CCC2)cc1. The van der Waals surface area contributed by atoms with E-state index in [0.717, 1.165) is 18.6 Å². The van der Waals surface area contributed by atoms with Gasteiger partial charge in [-0.1, -0.05) is 29.8 Å². The molecule has 1 aliphatic rings. The van der Waals surface area contributed by atoms with E-state index in [1.165, 1.54) is 5.56 Å². The third-order valence-corrected chi connectivity index (χ3v) is 3.69. The lowest BCUT2D eigenvalue weighted by molar-refractivity contribution is -0.130. The van der Waals surface area contributed by atoms with Crippen LogP contribution in [-0.2, 0) is 4.79 Å². The molecule has 0 radical (unpaired) electrons. The summed E-state index contributed by atoms with van der Waals surface area (Å²) in [6.07, 6.45) is 7.17. The number of hydrogen-bond acceptors (Lipinski definition) is 2. The monoisotopic (exact) mass is 273 g/mol. The van der Waals surface area contributed by atoms with Gasteiger partial charge in [0, 0.05) is 13.5 Å². The molecule has 0 saturated heterocycles. The predicted octanol–water partition coefficient (Wildman–Crippen LogP) is 3.19. The first-order chi connectivity index (χ1) is 9.65. The van der Waals surface area contributed by atoms with Crippen LogP contribution in [0, 0.1) is 12.8 Å². The summed E-state index contributed by atoms with van der Waals surface area (Å²) in [4.78, 5) is 13.8. The molecule has 1 aliphatic carbocycles. The molecule has 0 N–H and O–H groups in total. The summed E-state index contributed by atoms with van der Waals surface area (Å²) in [6.45, 7) is 3.21. The van der Waals surface area contributed by atoms with Crippen molar-refractivity contribution in [3.63, 3.8) is 0 Å². The Morgan fingerprint density at radius 2 is 2.10 bits per heavy atom. The van der Waals surface area contributed by atoms with E-state index in [2.05, 4.69) is 12.2 Å². The standard InChI is InChI=1S/C17H23NO2/c1-14-7-9-16(10-8-14)20-12-11-18(2)17(19)13-15-5-3-4-6-15/h3,5,7-10,15H,4,6,11-13H2,1-2H3/t15-/m0/s1. The van der Waals surface area contributed by atoms with E-state index in [4.69, 9.17) is 4.74 Å². The van der Waals surface area contributed by atoms with Crippen molar-refractivity contribution >= 4 is 5.91 Å². The van der Waals surface area contributed by atoms with Gasteiger partial charge in [-0.2, -0.15) is 0 Å². The number of hydrogen-bond donors (Lipinski definition) is 0. The Balaban J connectivity index is 1.68. The van der Waals surface area contributed by atoms with Crippen LogP contribution in [-0.4, -0.2) is 31.0 Å². The Hall–Kier alpha value is -1.77. The Kier molecular flexibility index (Phi) is 5.22. The first-order valence-corrected chi connectivity index (χ1v) is 7.25. The molecule has 1 aromatic rings. The average molecular weight is 273 g/mol. The van der Waals surface area contributed by atoms with Gasteiger partial charge in [-0.05, 0) is 37.8 Å². The number of amides is 1. The van der Waals surface area contributed by atoms with Gasteiger partial charge in [0.15, 0.2) is 0 Å². The van der Waals surface area contributed by atoms with Gasteiger partial charge in [-0.3, -0.25) is 4.79 Å². The second-order valence-electron chi connectivity index (χ2n) is 5.45. The van der Waals surface area contributed by atoms with Crippen molar-refractivity contribution in [3.05, 3.63) is 42.0 Å². The molecular weight excluding hydrogens is 250 g/mol. The molecule has 3 heteroatoms. The number of likely N-dealkylation sites (N-methyl/N-ethyl adjacent to an activating group) is 1. The lowest BCUT2D eigenvalue weighted by Gasteiger charge is -2.19. The fraction of sp³-hybridized carbons (Fsp3) is 0.471. The van der Waals surface area contributed by atoms with Gasteiger partial charge >= 0.3 is 0 Å². The minimum absolute atomic E-state index is 0.203. The topological polar surface area (TPSA) is 29.5 Å². The van der Waals surface area contributed by atoms with Crippen molar-refractivity contribution in [2.24, 2.45) is 5.92 Å². The number of carbonyl (C=O) groups is 1. The average Bonchev–Trinajstić information content (AvgIpc) is 2.93. The molecule has 20 heavy (non-hydrogen) atoms. The first-order valence-electron chi connectivity index (χ1n) is 7.25. The van der Waals surface area contributed by atoms with E-state index >= 15 is 0 Å². The molecule has 1 aromatic carbocycles. The van der Waals surface area contributed by atoms with E-state index < -0.39 is 0 Å². The molecule has 0 fully saturated rings. The third-order valence-electron chi connectivity index (χ3n) is 3.69. The summed E-state index contributed by atoms with van der Waals surface area (Å²) in [6, 6.07) is 7.97. The number of allylic oxidation sites excluding steroid dienone is 2. The molecule has 0 saturated carbocycles. The highest BCUT2D eigenvalue weighted by Crippen LogP contribution is 2.20. The van der Waals surface area contributed by atoms with Crippen LogP contribution in [0.5, 0.6) is 5.75 Å². The van der Waals surface area contributed by atoms with Crippen molar-refractivity contribution in [1.29, 1.82) is 0 Å². The number of ether oxygens (including phenoxy) is 1. The third kappa shape index (κ3) is 4.41. The normalized spacial score (nSPS) is 17.2. The van der Waals surface area contributed by atoms with Crippen LogP contribution in [0.15, 0.2) is 36.4 Å². The Morgan fingerprint density at radius 3 is 2.75 bits per heavy atom. The van der Waals surface area contributed by atoms with Crippen LogP contribution in [0.3, 0.4) is 0 Å². The van der Waals surface area contributed by atoms with Crippen LogP contribution in [0.1, 0.15) is 24.8 Å².